The second-order valence-corrected chi connectivity index (χ2v) is 5.48. The Morgan fingerprint density at radius 3 is 2.05 bits per heavy atom. The zero-order valence-corrected chi connectivity index (χ0v) is 11.7. The molecule has 0 aliphatic heterocycles. The zero-order valence-electron chi connectivity index (χ0n) is 9.47. The third-order valence-electron chi connectivity index (χ3n) is 2.16. The molecule has 19 heavy (non-hydrogen) atoms. The minimum absolute atomic E-state index is 0.0121. The first-order chi connectivity index (χ1) is 8.55. The fourth-order valence-electron chi connectivity index (χ4n) is 1.30. The highest BCUT2D eigenvalue weighted by Gasteiger charge is 2.60. The lowest BCUT2D eigenvalue weighted by Gasteiger charge is -2.31. The number of rotatable bonds is 3. The molecule has 0 spiro atoms. The summed E-state index contributed by atoms with van der Waals surface area (Å²) in [4.78, 5) is 10.9. The second kappa shape index (κ2) is 5.77. The van der Waals surface area contributed by atoms with Crippen molar-refractivity contribution in [2.24, 2.45) is 0 Å². The maximum Gasteiger partial charge on any atom is 0.425 e. The van der Waals surface area contributed by atoms with Crippen LogP contribution in [-0.4, -0.2) is 16.5 Å². The van der Waals surface area contributed by atoms with E-state index in [-0.39, 0.29) is 5.56 Å². The van der Waals surface area contributed by atoms with E-state index in [0.717, 1.165) is 6.92 Å². The molecule has 0 aromatic heterocycles. The van der Waals surface area contributed by atoms with Crippen LogP contribution in [0.15, 0.2) is 24.3 Å². The number of halogens is 6. The van der Waals surface area contributed by atoms with Gasteiger partial charge >= 0.3 is 12.1 Å². The van der Waals surface area contributed by atoms with Crippen LogP contribution < -0.4 is 0 Å². The monoisotopic (exact) mass is 334 g/mol. The summed E-state index contributed by atoms with van der Waals surface area (Å²) in [5, 5.41) is 0.312. The number of esters is 1. The Labute approximate surface area is 122 Å². The van der Waals surface area contributed by atoms with E-state index < -0.39 is 22.6 Å². The van der Waals surface area contributed by atoms with E-state index >= 15 is 0 Å². The van der Waals surface area contributed by atoms with Crippen molar-refractivity contribution in [3.05, 3.63) is 34.9 Å². The fourth-order valence-corrected chi connectivity index (χ4v) is 1.77. The molecule has 0 heterocycles. The Morgan fingerprint density at radius 2 is 1.68 bits per heavy atom. The Balaban J connectivity index is 3.22. The van der Waals surface area contributed by atoms with E-state index in [4.69, 9.17) is 34.8 Å². The van der Waals surface area contributed by atoms with Gasteiger partial charge in [-0.15, -0.1) is 0 Å². The van der Waals surface area contributed by atoms with Crippen LogP contribution in [0.3, 0.4) is 0 Å². The summed E-state index contributed by atoms with van der Waals surface area (Å²) in [7, 11) is 0. The standard InChI is InChI=1S/C11H8Cl3F3O2/c1-6(18)19-9(10(13,14)11(15,16)17)7-2-4-8(12)5-3-7/h2-5,9H,1H3. The van der Waals surface area contributed by atoms with Gasteiger partial charge in [0, 0.05) is 11.9 Å². The first kappa shape index (κ1) is 16.4. The Kier molecular flexibility index (Phi) is 4.98. The number of benzene rings is 1. The molecule has 0 aliphatic rings. The minimum atomic E-state index is -4.98. The number of ether oxygens (including phenoxy) is 1. The molecule has 1 unspecified atom stereocenters. The van der Waals surface area contributed by atoms with Gasteiger partial charge in [-0.3, -0.25) is 4.79 Å². The first-order valence-electron chi connectivity index (χ1n) is 4.93. The van der Waals surface area contributed by atoms with Gasteiger partial charge in [0.05, 0.1) is 0 Å². The molecule has 0 saturated carbocycles. The van der Waals surface area contributed by atoms with Gasteiger partial charge in [-0.05, 0) is 17.7 Å². The molecule has 8 heteroatoms. The lowest BCUT2D eigenvalue weighted by molar-refractivity contribution is -0.178. The molecule has 0 radical (unpaired) electrons. The summed E-state index contributed by atoms with van der Waals surface area (Å²) >= 11 is 16.3. The average molecular weight is 336 g/mol. The van der Waals surface area contributed by atoms with Gasteiger partial charge in [-0.1, -0.05) is 46.9 Å². The van der Waals surface area contributed by atoms with Crippen LogP contribution in [0.1, 0.15) is 18.6 Å². The van der Waals surface area contributed by atoms with Crippen molar-refractivity contribution >= 4 is 40.8 Å². The second-order valence-electron chi connectivity index (χ2n) is 3.66. The summed E-state index contributed by atoms with van der Waals surface area (Å²) in [5.41, 5.74) is -0.0121. The number of carbonyl (C=O) groups excluding carboxylic acids is 1. The summed E-state index contributed by atoms with van der Waals surface area (Å²) in [6.45, 7) is 0.961. The van der Waals surface area contributed by atoms with Crippen molar-refractivity contribution in [2.75, 3.05) is 0 Å². The maximum atomic E-state index is 12.8. The van der Waals surface area contributed by atoms with Gasteiger partial charge in [-0.2, -0.15) is 13.2 Å². The van der Waals surface area contributed by atoms with Crippen LogP contribution >= 0.6 is 34.8 Å². The molecule has 0 N–H and O–H groups in total. The van der Waals surface area contributed by atoms with Crippen LogP contribution in [-0.2, 0) is 9.53 Å². The third kappa shape index (κ3) is 3.91. The molecule has 1 aromatic carbocycles. The third-order valence-corrected chi connectivity index (χ3v) is 3.24. The Morgan fingerprint density at radius 1 is 1.21 bits per heavy atom. The van der Waals surface area contributed by atoms with Gasteiger partial charge in [0.2, 0.25) is 0 Å². The van der Waals surface area contributed by atoms with Crippen LogP contribution in [0.25, 0.3) is 0 Å². The summed E-state index contributed by atoms with van der Waals surface area (Å²) in [6, 6.07) is 5.18. The lowest BCUT2D eigenvalue weighted by Crippen LogP contribution is -2.41. The SMILES string of the molecule is CC(=O)OC(c1ccc(Cl)cc1)C(Cl)(Cl)C(F)(F)F. The van der Waals surface area contributed by atoms with E-state index in [1.54, 1.807) is 0 Å². The van der Waals surface area contributed by atoms with Crippen molar-refractivity contribution in [1.82, 2.24) is 0 Å². The average Bonchev–Trinajstić information content (AvgIpc) is 2.25. The smallest absolute Gasteiger partial charge is 0.425 e. The van der Waals surface area contributed by atoms with E-state index in [2.05, 4.69) is 4.74 Å². The molecule has 0 amide bonds. The lowest BCUT2D eigenvalue weighted by atomic mass is 10.1. The number of hydrogen-bond acceptors (Lipinski definition) is 2. The topological polar surface area (TPSA) is 26.3 Å². The van der Waals surface area contributed by atoms with Crippen molar-refractivity contribution in [2.45, 2.75) is 23.5 Å². The van der Waals surface area contributed by atoms with E-state index in [0.29, 0.717) is 5.02 Å². The van der Waals surface area contributed by atoms with E-state index in [1.165, 1.54) is 24.3 Å². The van der Waals surface area contributed by atoms with Gasteiger partial charge in [0.25, 0.3) is 4.33 Å². The molecule has 0 aliphatic carbocycles. The molecular formula is C11H8Cl3F3O2. The van der Waals surface area contributed by atoms with Gasteiger partial charge in [-0.25, -0.2) is 0 Å². The molecule has 2 nitrogen and oxygen atoms in total. The quantitative estimate of drug-likeness (QED) is 0.592. The summed E-state index contributed by atoms with van der Waals surface area (Å²) in [6.07, 6.45) is -6.86. The van der Waals surface area contributed by atoms with Crippen LogP contribution in [0.4, 0.5) is 13.2 Å². The summed E-state index contributed by atoms with van der Waals surface area (Å²) < 4.78 is 39.8. The van der Waals surface area contributed by atoms with Gasteiger partial charge < -0.3 is 4.74 Å². The van der Waals surface area contributed by atoms with Crippen LogP contribution in [0.2, 0.25) is 5.02 Å². The van der Waals surface area contributed by atoms with E-state index in [9.17, 15) is 18.0 Å². The Hall–Kier alpha value is -0.650. The number of hydrogen-bond donors (Lipinski definition) is 0. The predicted octanol–water partition coefficient (Wildman–Crippen LogP) is 4.68. The Bertz CT molecular complexity index is 457. The fraction of sp³-hybridized carbons (Fsp3) is 0.364. The first-order valence-corrected chi connectivity index (χ1v) is 6.06. The molecule has 1 rings (SSSR count). The highest BCUT2D eigenvalue weighted by atomic mass is 35.5. The number of carbonyl (C=O) groups is 1. The highest BCUT2D eigenvalue weighted by Crippen LogP contribution is 2.50. The van der Waals surface area contributed by atoms with Crippen molar-refractivity contribution in [1.29, 1.82) is 0 Å². The molecule has 1 atom stereocenters. The molecule has 0 bridgehead atoms. The van der Waals surface area contributed by atoms with Gasteiger partial charge in [0.1, 0.15) is 0 Å². The van der Waals surface area contributed by atoms with Crippen molar-refractivity contribution in [3.63, 3.8) is 0 Å². The summed E-state index contributed by atoms with van der Waals surface area (Å²) in [5.74, 6) is -0.935. The van der Waals surface area contributed by atoms with Crippen molar-refractivity contribution < 1.29 is 22.7 Å². The van der Waals surface area contributed by atoms with Crippen molar-refractivity contribution in [3.8, 4) is 0 Å². The molecule has 106 valence electrons. The largest absolute Gasteiger partial charge is 0.454 e. The zero-order chi connectivity index (χ0) is 14.8. The normalized spacial score (nSPS) is 14.1. The predicted molar refractivity (Wildman–Crippen MR) is 66.5 cm³/mol. The van der Waals surface area contributed by atoms with Gasteiger partial charge in [0.15, 0.2) is 6.10 Å². The molecule has 0 saturated heterocycles. The van der Waals surface area contributed by atoms with Crippen LogP contribution in [0.5, 0.6) is 0 Å². The van der Waals surface area contributed by atoms with Crippen LogP contribution in [0, 0.1) is 0 Å². The maximum absolute atomic E-state index is 12.8. The highest BCUT2D eigenvalue weighted by molar-refractivity contribution is 6.49. The number of alkyl halides is 5. The molecule has 0 fully saturated rings. The van der Waals surface area contributed by atoms with E-state index in [1.807, 2.05) is 0 Å². The molecule has 1 aromatic rings. The minimum Gasteiger partial charge on any atom is -0.454 e. The molecular weight excluding hydrogens is 327 g/mol.